The SMILES string of the molecule is CC[C@H]1OC(=O)[C@H](C)[C@@H](O[C@H]2CC(C)(C)[C@@H](C)[C@H](C)O2)[C@H](C)[C@@H](OC2O[C@H](C)C[C@H](C)[C@H]2C)[C@@](C)(OC/C=C/c2cnc3ccccc3c2)C[C@H](C)C(=O)[C@H](C)[C@@H](O)[C@]1(C)O. The first-order chi connectivity index (χ1) is 28.5. The maximum absolute atomic E-state index is 14.5. The minimum atomic E-state index is -1.93. The number of esters is 1. The van der Waals surface area contributed by atoms with E-state index in [1.807, 2.05) is 63.4 Å². The van der Waals surface area contributed by atoms with Gasteiger partial charge in [-0.1, -0.05) is 92.7 Å². The molecule has 0 saturated carbocycles. The number of benzene rings is 1. The molecule has 1 aromatic heterocycles. The van der Waals surface area contributed by atoms with E-state index in [0.717, 1.165) is 22.9 Å². The van der Waals surface area contributed by atoms with Crippen LogP contribution < -0.4 is 0 Å². The fourth-order valence-electron chi connectivity index (χ4n) is 10.2. The summed E-state index contributed by atoms with van der Waals surface area (Å²) in [7, 11) is 0. The number of aromatic nitrogens is 1. The van der Waals surface area contributed by atoms with Crippen molar-refractivity contribution in [3.8, 4) is 0 Å². The Balaban J connectivity index is 1.63. The fraction of sp³-hybridized carbons (Fsp3) is 0.740. The van der Waals surface area contributed by atoms with Crippen LogP contribution in [0.25, 0.3) is 17.0 Å². The second-order valence-corrected chi connectivity index (χ2v) is 20.2. The molecule has 2 N–H and O–H groups in total. The molecule has 0 spiro atoms. The van der Waals surface area contributed by atoms with Crippen LogP contribution in [0.5, 0.6) is 0 Å². The van der Waals surface area contributed by atoms with Crippen molar-refractivity contribution in [2.24, 2.45) is 46.8 Å². The number of cyclic esters (lactones) is 1. The number of carbonyl (C=O) groups is 2. The van der Waals surface area contributed by atoms with Gasteiger partial charge in [-0.25, -0.2) is 0 Å². The number of ketones is 1. The van der Waals surface area contributed by atoms with Crippen LogP contribution in [-0.2, 0) is 38.0 Å². The van der Waals surface area contributed by atoms with Crippen molar-refractivity contribution >= 4 is 28.7 Å². The molecule has 1 unspecified atom stereocenters. The molecule has 3 fully saturated rings. The number of fused-ring (bicyclic) bond motifs is 1. The van der Waals surface area contributed by atoms with Crippen molar-refractivity contribution in [2.45, 2.75) is 183 Å². The van der Waals surface area contributed by atoms with E-state index >= 15 is 0 Å². The maximum atomic E-state index is 14.5. The molecular weight excluding hydrogens is 775 g/mol. The van der Waals surface area contributed by atoms with E-state index in [-0.39, 0.29) is 54.7 Å². The van der Waals surface area contributed by atoms with E-state index in [1.165, 1.54) is 6.92 Å². The van der Waals surface area contributed by atoms with Crippen LogP contribution >= 0.6 is 0 Å². The smallest absolute Gasteiger partial charge is 0.311 e. The van der Waals surface area contributed by atoms with Crippen molar-refractivity contribution < 1.29 is 48.2 Å². The number of Topliss-reactive ketones (excluding diaryl/α,β-unsaturated/α-hetero) is 1. The number of rotatable bonds is 9. The third-order valence-corrected chi connectivity index (χ3v) is 14.9. The van der Waals surface area contributed by atoms with Crippen LogP contribution in [0.4, 0.5) is 0 Å². The molecule has 3 aliphatic heterocycles. The molecule has 61 heavy (non-hydrogen) atoms. The lowest BCUT2D eigenvalue weighted by atomic mass is 9.72. The second-order valence-electron chi connectivity index (χ2n) is 20.2. The molecule has 0 amide bonds. The molecule has 17 atom stereocenters. The van der Waals surface area contributed by atoms with Gasteiger partial charge in [0.2, 0.25) is 0 Å². The third kappa shape index (κ3) is 11.1. The van der Waals surface area contributed by atoms with E-state index < -0.39 is 77.8 Å². The first kappa shape index (κ1) is 49.2. The zero-order chi connectivity index (χ0) is 45.2. The molecule has 3 saturated heterocycles. The number of aliphatic hydroxyl groups is 2. The van der Waals surface area contributed by atoms with Crippen LogP contribution in [0.15, 0.2) is 42.6 Å². The predicted molar refractivity (Wildman–Crippen MR) is 237 cm³/mol. The Kier molecular flexibility index (Phi) is 16.1. The predicted octanol–water partition coefficient (Wildman–Crippen LogP) is 8.95. The lowest BCUT2D eigenvalue weighted by molar-refractivity contribution is -0.304. The van der Waals surface area contributed by atoms with E-state index in [1.54, 1.807) is 20.8 Å². The number of aliphatic hydroxyl groups excluding tert-OH is 1. The van der Waals surface area contributed by atoms with Crippen molar-refractivity contribution in [2.75, 3.05) is 6.61 Å². The Morgan fingerprint density at radius 2 is 1.59 bits per heavy atom. The second kappa shape index (κ2) is 20.0. The molecule has 5 rings (SSSR count). The summed E-state index contributed by atoms with van der Waals surface area (Å²) in [5.74, 6) is -3.34. The molecule has 11 heteroatoms. The van der Waals surface area contributed by atoms with Gasteiger partial charge in [-0.3, -0.25) is 14.6 Å². The first-order valence-corrected chi connectivity index (χ1v) is 22.9. The van der Waals surface area contributed by atoms with Crippen LogP contribution in [0, 0.1) is 46.8 Å². The topological polar surface area (TPSA) is 143 Å². The summed E-state index contributed by atoms with van der Waals surface area (Å²) in [6, 6.07) is 10.0. The lowest BCUT2D eigenvalue weighted by Gasteiger charge is -2.50. The summed E-state index contributed by atoms with van der Waals surface area (Å²) >= 11 is 0. The summed E-state index contributed by atoms with van der Waals surface area (Å²) in [5, 5.41) is 24.6. The maximum Gasteiger partial charge on any atom is 0.311 e. The van der Waals surface area contributed by atoms with Gasteiger partial charge in [0.05, 0.1) is 54.2 Å². The summed E-state index contributed by atoms with van der Waals surface area (Å²) < 4.78 is 40.6. The van der Waals surface area contributed by atoms with Crippen LogP contribution in [0.3, 0.4) is 0 Å². The lowest BCUT2D eigenvalue weighted by Crippen LogP contribution is -2.59. The zero-order valence-electron chi connectivity index (χ0n) is 39.4. The van der Waals surface area contributed by atoms with Gasteiger partial charge in [-0.15, -0.1) is 0 Å². The van der Waals surface area contributed by atoms with Crippen molar-refractivity contribution in [3.05, 3.63) is 48.2 Å². The molecule has 0 bridgehead atoms. The van der Waals surface area contributed by atoms with Gasteiger partial charge in [0, 0.05) is 41.7 Å². The summed E-state index contributed by atoms with van der Waals surface area (Å²) in [4.78, 5) is 33.5. The quantitative estimate of drug-likeness (QED) is 0.234. The Morgan fingerprint density at radius 1 is 0.902 bits per heavy atom. The van der Waals surface area contributed by atoms with E-state index in [9.17, 15) is 19.8 Å². The normalized spacial score (nSPS) is 42.0. The molecule has 3 aliphatic rings. The first-order valence-electron chi connectivity index (χ1n) is 22.9. The molecule has 342 valence electrons. The Labute approximate surface area is 365 Å². The number of nitrogens with zero attached hydrogens (tertiary/aromatic N) is 1. The van der Waals surface area contributed by atoms with Gasteiger partial charge in [0.15, 0.2) is 12.6 Å². The van der Waals surface area contributed by atoms with Crippen LogP contribution in [0.1, 0.15) is 128 Å². The standard InChI is InChI=1S/C50H77NO10/c1-15-40-50(14,55)44(53)32(6)42(52)29(3)25-49(13,56-22-18-19-37-24-38-20-16-17-21-39(38)51-27-37)45(61-47-31(5)28(2)23-30(4)57-47)33(7)43(34(8)46(54)59-40)60-41-26-48(11,12)35(9)36(10)58-41/h16-21,24,27-36,40-41,43-45,47,53,55H,15,22-23,25-26H2,1-14H3/b19-18+/t28-,29-,30+,31+,32-,33-,34+,35-,36-,40+,41-,43-,44+,45+,47?,49-,50+/m0/s1. The molecule has 0 radical (unpaired) electrons. The number of carbonyl (C=O) groups excluding carboxylic acids is 2. The van der Waals surface area contributed by atoms with Crippen molar-refractivity contribution in [1.29, 1.82) is 0 Å². The fourth-order valence-corrected chi connectivity index (χ4v) is 10.2. The minimum Gasteiger partial charge on any atom is -0.459 e. The highest BCUT2D eigenvalue weighted by atomic mass is 16.7. The molecule has 4 heterocycles. The van der Waals surface area contributed by atoms with Gasteiger partial charge < -0.3 is 38.6 Å². The summed E-state index contributed by atoms with van der Waals surface area (Å²) in [6.07, 6.45) is 1.94. The van der Waals surface area contributed by atoms with Gasteiger partial charge in [-0.05, 0) is 88.8 Å². The van der Waals surface area contributed by atoms with Crippen molar-refractivity contribution in [1.82, 2.24) is 4.98 Å². The van der Waals surface area contributed by atoms with E-state index in [0.29, 0.717) is 12.3 Å². The highest BCUT2D eigenvalue weighted by Gasteiger charge is 2.53. The van der Waals surface area contributed by atoms with Gasteiger partial charge in [0.1, 0.15) is 17.5 Å². The minimum absolute atomic E-state index is 0.0226. The number of hydrogen-bond donors (Lipinski definition) is 2. The third-order valence-electron chi connectivity index (χ3n) is 14.9. The van der Waals surface area contributed by atoms with Gasteiger partial charge in [-0.2, -0.15) is 0 Å². The molecule has 11 nitrogen and oxygen atoms in total. The van der Waals surface area contributed by atoms with Crippen molar-refractivity contribution in [3.63, 3.8) is 0 Å². The highest BCUT2D eigenvalue weighted by Crippen LogP contribution is 2.45. The highest BCUT2D eigenvalue weighted by molar-refractivity contribution is 5.83. The summed E-state index contributed by atoms with van der Waals surface area (Å²) in [5.41, 5.74) is -1.41. The monoisotopic (exact) mass is 852 g/mol. The van der Waals surface area contributed by atoms with Gasteiger partial charge >= 0.3 is 5.97 Å². The van der Waals surface area contributed by atoms with Crippen LogP contribution in [0.2, 0.25) is 0 Å². The number of pyridine rings is 1. The Morgan fingerprint density at radius 3 is 2.26 bits per heavy atom. The average Bonchev–Trinajstić information content (AvgIpc) is 3.21. The number of ether oxygens (including phenoxy) is 6. The molecule has 1 aromatic carbocycles. The molecular formula is C50H77NO10. The number of hydrogen-bond acceptors (Lipinski definition) is 11. The van der Waals surface area contributed by atoms with E-state index in [2.05, 4.69) is 59.5 Å². The summed E-state index contributed by atoms with van der Waals surface area (Å²) in [6.45, 7) is 27.6. The van der Waals surface area contributed by atoms with Gasteiger partial charge in [0.25, 0.3) is 0 Å². The Hall–Kier alpha value is -2.77. The molecule has 2 aromatic rings. The Bertz CT molecular complexity index is 1810. The average molecular weight is 852 g/mol. The zero-order valence-corrected chi connectivity index (χ0v) is 39.4. The largest absolute Gasteiger partial charge is 0.459 e. The molecule has 0 aliphatic carbocycles. The van der Waals surface area contributed by atoms with Crippen LogP contribution in [-0.4, -0.2) is 94.0 Å². The number of para-hydroxylation sites is 1. The van der Waals surface area contributed by atoms with E-state index in [4.69, 9.17) is 28.4 Å².